The summed E-state index contributed by atoms with van der Waals surface area (Å²) in [4.78, 5) is 26.6. The summed E-state index contributed by atoms with van der Waals surface area (Å²) in [6.45, 7) is 0. The first-order valence-corrected chi connectivity index (χ1v) is 26.5. The van der Waals surface area contributed by atoms with Crippen LogP contribution in [0.1, 0.15) is 22.9 Å². The van der Waals surface area contributed by atoms with Crippen LogP contribution in [-0.4, -0.2) is 35.8 Å². The molecule has 16 rings (SSSR count). The predicted octanol–water partition coefficient (Wildman–Crippen LogP) is 16.6. The molecule has 370 valence electrons. The fraction of sp³-hybridized carbons (Fsp3) is 0.0143. The van der Waals surface area contributed by atoms with Crippen LogP contribution >= 0.6 is 0 Å². The molecular weight excluding hydrogens is 969 g/mol. The van der Waals surface area contributed by atoms with Gasteiger partial charge in [0.05, 0.1) is 38.5 Å². The van der Waals surface area contributed by atoms with Crippen molar-refractivity contribution < 1.29 is 4.42 Å². The summed E-state index contributed by atoms with van der Waals surface area (Å²) in [5, 5.41) is 12.5. The summed E-state index contributed by atoms with van der Waals surface area (Å²) in [6.07, 6.45) is -0.407. The third kappa shape index (κ3) is 7.21. The van der Waals surface area contributed by atoms with Gasteiger partial charge in [0.2, 0.25) is 0 Å². The van der Waals surface area contributed by atoms with E-state index in [2.05, 4.69) is 172 Å². The Hall–Kier alpha value is -10.8. The molecule has 1 aliphatic heterocycles. The van der Waals surface area contributed by atoms with Gasteiger partial charge < -0.3 is 18.9 Å². The van der Waals surface area contributed by atoms with E-state index in [-0.39, 0.29) is 0 Å². The Morgan fingerprint density at radius 3 is 1.66 bits per heavy atom. The van der Waals surface area contributed by atoms with Crippen LogP contribution in [0.5, 0.6) is 0 Å². The van der Waals surface area contributed by atoms with Gasteiger partial charge >= 0.3 is 0 Å². The van der Waals surface area contributed by atoms with Crippen molar-refractivity contribution in [2.24, 2.45) is 9.98 Å². The van der Waals surface area contributed by atoms with Crippen LogP contribution in [0.4, 0.5) is 0 Å². The maximum Gasteiger partial charge on any atom is 0.166 e. The van der Waals surface area contributed by atoms with Crippen molar-refractivity contribution in [2.45, 2.75) is 6.17 Å². The highest BCUT2D eigenvalue weighted by Crippen LogP contribution is 2.50. The molecule has 1 aliphatic rings. The Morgan fingerprint density at radius 2 is 0.949 bits per heavy atom. The van der Waals surface area contributed by atoms with Crippen LogP contribution in [0.2, 0.25) is 0 Å². The monoisotopic (exact) mass is 1010 g/mol. The smallest absolute Gasteiger partial charge is 0.166 e. The lowest BCUT2D eigenvalue weighted by molar-refractivity contribution is 0.673. The molecule has 0 amide bonds. The first-order valence-electron chi connectivity index (χ1n) is 26.5. The van der Waals surface area contributed by atoms with Crippen molar-refractivity contribution in [1.82, 2.24) is 29.4 Å². The fourth-order valence-electron chi connectivity index (χ4n) is 11.8. The molecule has 1 atom stereocenters. The second-order valence-corrected chi connectivity index (χ2v) is 20.0. The third-order valence-electron chi connectivity index (χ3n) is 15.4. The molecule has 5 heterocycles. The molecule has 15 aromatic rings. The van der Waals surface area contributed by atoms with E-state index in [9.17, 15) is 0 Å². The number of fused-ring (bicyclic) bond motifs is 13. The van der Waals surface area contributed by atoms with E-state index >= 15 is 0 Å². The van der Waals surface area contributed by atoms with Crippen LogP contribution in [0, 0.1) is 0 Å². The standard InChI is InChI=1S/C70H44N8O/c1-5-22-44(23-6-1)65-71-66(45-24-7-2-8-25-45)74-69(73-65)49-38-40-57(54(42-49)70-75-67(46-26-9-3-10-27-46)72-68(76-70)47-28-11-4-12-29-47)78-56-35-19-16-32-52(56)60-63(78)59-51-31-15-18-34-55(51)77(50-39-37-43-21-13-14-30-48(43)41-50)62(59)61-53-33-17-20-36-58(53)79-64(60)61/h1-42,65H,(H,71,73,74). The molecule has 0 saturated carbocycles. The minimum atomic E-state index is -0.407. The molecule has 0 fully saturated rings. The summed E-state index contributed by atoms with van der Waals surface area (Å²) in [5.74, 6) is 2.92. The third-order valence-corrected chi connectivity index (χ3v) is 15.4. The molecule has 79 heavy (non-hydrogen) atoms. The molecule has 1 N–H and O–H groups in total. The number of rotatable bonds is 8. The number of hydrogen-bond acceptors (Lipinski definition) is 7. The van der Waals surface area contributed by atoms with Crippen molar-refractivity contribution in [3.05, 3.63) is 271 Å². The van der Waals surface area contributed by atoms with E-state index in [1.807, 2.05) is 97.1 Å². The zero-order valence-electron chi connectivity index (χ0n) is 42.4. The highest BCUT2D eigenvalue weighted by Gasteiger charge is 2.30. The molecule has 9 heteroatoms. The minimum absolute atomic E-state index is 0.407. The molecular formula is C70H44N8O. The van der Waals surface area contributed by atoms with Crippen LogP contribution < -0.4 is 5.32 Å². The van der Waals surface area contributed by atoms with Crippen LogP contribution in [0.25, 0.3) is 122 Å². The Morgan fingerprint density at radius 1 is 0.405 bits per heavy atom. The Balaban J connectivity index is 1.05. The molecule has 9 nitrogen and oxygen atoms in total. The lowest BCUT2D eigenvalue weighted by Gasteiger charge is -2.24. The van der Waals surface area contributed by atoms with Gasteiger partial charge in [0.1, 0.15) is 23.2 Å². The normalized spacial score (nSPS) is 13.7. The Labute approximate surface area is 452 Å². The number of aliphatic imine (C=N–C) groups is 2. The van der Waals surface area contributed by atoms with Gasteiger partial charge in [-0.1, -0.05) is 206 Å². The summed E-state index contributed by atoms with van der Waals surface area (Å²) in [5.41, 5.74) is 13.0. The van der Waals surface area contributed by atoms with Crippen LogP contribution in [0.15, 0.2) is 269 Å². The largest absolute Gasteiger partial charge is 0.455 e. The van der Waals surface area contributed by atoms with Crippen LogP contribution in [0.3, 0.4) is 0 Å². The first kappa shape index (κ1) is 44.5. The number of nitrogens with one attached hydrogen (secondary N) is 1. The number of benzene rings is 11. The molecule has 11 aromatic carbocycles. The van der Waals surface area contributed by atoms with Gasteiger partial charge in [-0.2, -0.15) is 0 Å². The number of furan rings is 1. The van der Waals surface area contributed by atoms with E-state index in [4.69, 9.17) is 29.4 Å². The number of para-hydroxylation sites is 3. The highest BCUT2D eigenvalue weighted by atomic mass is 16.3. The zero-order chi connectivity index (χ0) is 52.0. The van der Waals surface area contributed by atoms with E-state index in [1.165, 1.54) is 5.39 Å². The van der Waals surface area contributed by atoms with Crippen molar-refractivity contribution in [3.8, 4) is 45.5 Å². The number of amidine groups is 2. The second kappa shape index (κ2) is 17.9. The van der Waals surface area contributed by atoms with Gasteiger partial charge in [-0.15, -0.1) is 0 Å². The van der Waals surface area contributed by atoms with Crippen molar-refractivity contribution in [2.75, 3.05) is 0 Å². The first-order chi connectivity index (χ1) is 39.2. The zero-order valence-corrected chi connectivity index (χ0v) is 42.4. The summed E-state index contributed by atoms with van der Waals surface area (Å²) in [6, 6.07) is 88.6. The van der Waals surface area contributed by atoms with E-state index in [0.717, 1.165) is 116 Å². The number of nitrogens with zero attached hydrogens (tertiary/aromatic N) is 7. The van der Waals surface area contributed by atoms with Gasteiger partial charge in [0.15, 0.2) is 23.3 Å². The van der Waals surface area contributed by atoms with Gasteiger partial charge in [-0.05, 0) is 64.9 Å². The highest BCUT2D eigenvalue weighted by molar-refractivity contribution is 6.39. The number of hydrogen-bond donors (Lipinski definition) is 1. The van der Waals surface area contributed by atoms with Crippen molar-refractivity contribution >= 4 is 88.0 Å². The van der Waals surface area contributed by atoms with Gasteiger partial charge in [0, 0.05) is 55.0 Å². The quantitative estimate of drug-likeness (QED) is 0.163. The SMILES string of the molecule is c1ccc(C2=NC(c3ccccc3)NC(c3ccc(-n4c5ccccc5c5c6oc7ccccc7c6c6c(c7ccccc7n6-c6ccc7ccccc7c6)c54)c(-c4nc(-c5ccccc5)nc(-c5ccccc5)n4)c3)=N2)cc1. The van der Waals surface area contributed by atoms with Gasteiger partial charge in [-0.25, -0.2) is 24.9 Å². The summed E-state index contributed by atoms with van der Waals surface area (Å²) >= 11 is 0. The minimum Gasteiger partial charge on any atom is -0.455 e. The van der Waals surface area contributed by atoms with E-state index in [0.29, 0.717) is 29.1 Å². The molecule has 0 bridgehead atoms. The summed E-state index contributed by atoms with van der Waals surface area (Å²) < 4.78 is 12.1. The Kier molecular flexibility index (Phi) is 10.1. The van der Waals surface area contributed by atoms with Crippen LogP contribution in [-0.2, 0) is 0 Å². The molecule has 0 radical (unpaired) electrons. The number of aromatic nitrogens is 5. The average Bonchev–Trinajstić information content (AvgIpc) is 4.20. The lowest BCUT2D eigenvalue weighted by atomic mass is 10.0. The molecule has 0 aliphatic carbocycles. The maximum absolute atomic E-state index is 7.23. The molecule has 1 unspecified atom stereocenters. The van der Waals surface area contributed by atoms with Gasteiger partial charge in [-0.3, -0.25) is 0 Å². The molecule has 0 spiro atoms. The second-order valence-electron chi connectivity index (χ2n) is 20.0. The van der Waals surface area contributed by atoms with Gasteiger partial charge in [0.25, 0.3) is 0 Å². The fourth-order valence-corrected chi connectivity index (χ4v) is 11.8. The van der Waals surface area contributed by atoms with Crippen molar-refractivity contribution in [1.29, 1.82) is 0 Å². The molecule has 4 aromatic heterocycles. The average molecular weight is 1010 g/mol. The predicted molar refractivity (Wildman–Crippen MR) is 321 cm³/mol. The van der Waals surface area contributed by atoms with Crippen molar-refractivity contribution in [3.63, 3.8) is 0 Å². The Bertz CT molecular complexity index is 4920. The van der Waals surface area contributed by atoms with E-state index in [1.54, 1.807) is 0 Å². The summed E-state index contributed by atoms with van der Waals surface area (Å²) in [7, 11) is 0. The maximum atomic E-state index is 7.23. The van der Waals surface area contributed by atoms with E-state index < -0.39 is 6.17 Å². The lowest BCUT2D eigenvalue weighted by Crippen LogP contribution is -2.33. The topological polar surface area (TPSA) is 98.4 Å². The molecule has 0 saturated heterocycles.